The molecule has 0 bridgehead atoms. The van der Waals surface area contributed by atoms with E-state index in [2.05, 4.69) is 20.6 Å². The molecule has 3 rings (SSSR count). The topological polar surface area (TPSA) is 126 Å². The highest BCUT2D eigenvalue weighted by Gasteiger charge is 2.55. The fourth-order valence-electron chi connectivity index (χ4n) is 3.50. The molecule has 1 saturated carbocycles. The van der Waals surface area contributed by atoms with Crippen LogP contribution in [0, 0.1) is 5.92 Å². The molecule has 134 valence electrons. The monoisotopic (exact) mass is 358 g/mol. The molecule has 0 aromatic carbocycles. The molecule has 1 saturated heterocycles. The smallest absolute Gasteiger partial charge is 0.240 e. The molecule has 24 heavy (non-hydrogen) atoms. The fourth-order valence-corrected chi connectivity index (χ4v) is 4.27. The molecule has 9 nitrogen and oxygen atoms in total. The first-order chi connectivity index (χ1) is 11.3. The van der Waals surface area contributed by atoms with Gasteiger partial charge in [-0.05, 0) is 19.3 Å². The van der Waals surface area contributed by atoms with E-state index in [1.807, 2.05) is 0 Å². The lowest BCUT2D eigenvalue weighted by Crippen LogP contribution is -2.70. The van der Waals surface area contributed by atoms with E-state index in [1.165, 1.54) is 0 Å². The Kier molecular flexibility index (Phi) is 4.88. The largest absolute Gasteiger partial charge is 0.376 e. The van der Waals surface area contributed by atoms with E-state index in [1.54, 1.807) is 0 Å². The molecule has 4 atom stereocenters. The van der Waals surface area contributed by atoms with Crippen LogP contribution >= 0.6 is 0 Å². The first kappa shape index (κ1) is 17.3. The van der Waals surface area contributed by atoms with Gasteiger partial charge in [-0.2, -0.15) is 5.10 Å². The number of fused-ring (bicyclic) bond motifs is 1. The molecule has 0 radical (unpaired) electrons. The maximum absolute atomic E-state index is 12.2. The van der Waals surface area contributed by atoms with Crippen molar-refractivity contribution in [2.75, 3.05) is 12.9 Å². The van der Waals surface area contributed by atoms with Gasteiger partial charge in [-0.1, -0.05) is 0 Å². The molecule has 2 fully saturated rings. The minimum absolute atomic E-state index is 0.111. The summed E-state index contributed by atoms with van der Waals surface area (Å²) < 4.78 is 31.1. The Hall–Kier alpha value is -1.52. The van der Waals surface area contributed by atoms with Gasteiger partial charge in [0.05, 0.1) is 24.4 Å². The summed E-state index contributed by atoms with van der Waals surface area (Å²) in [6.07, 6.45) is 3.45. The third-order valence-corrected chi connectivity index (χ3v) is 5.38. The van der Waals surface area contributed by atoms with Crippen molar-refractivity contribution in [1.29, 1.82) is 0 Å². The zero-order valence-electron chi connectivity index (χ0n) is 13.4. The number of hydrogen-bond donors (Lipinski definition) is 3. The second-order valence-corrected chi connectivity index (χ2v) is 8.29. The van der Waals surface area contributed by atoms with Crippen molar-refractivity contribution < 1.29 is 22.7 Å². The zero-order chi connectivity index (χ0) is 17.3. The highest BCUT2D eigenvalue weighted by Crippen LogP contribution is 2.39. The number of nitrogens with zero attached hydrogens (tertiary/aromatic N) is 1. The molecule has 3 aliphatic rings. The van der Waals surface area contributed by atoms with Crippen molar-refractivity contribution >= 4 is 27.5 Å². The summed E-state index contributed by atoms with van der Waals surface area (Å²) >= 11 is 0. The van der Waals surface area contributed by atoms with Crippen LogP contribution < -0.4 is 15.5 Å². The van der Waals surface area contributed by atoms with E-state index in [0.717, 1.165) is 18.4 Å². The lowest BCUT2D eigenvalue weighted by Gasteiger charge is -2.47. The number of ether oxygens (including phenoxy) is 1. The van der Waals surface area contributed by atoms with E-state index in [4.69, 9.17) is 4.74 Å². The van der Waals surface area contributed by atoms with E-state index in [-0.39, 0.29) is 36.3 Å². The number of rotatable bonds is 6. The van der Waals surface area contributed by atoms with Crippen LogP contribution in [0.3, 0.4) is 0 Å². The summed E-state index contributed by atoms with van der Waals surface area (Å²) in [6.45, 7) is 0.583. The molecule has 0 unspecified atom stereocenters. The van der Waals surface area contributed by atoms with Crippen LogP contribution in [-0.4, -0.2) is 57.0 Å². The lowest BCUT2D eigenvalue weighted by molar-refractivity contribution is -0.125. The number of hydrogen-bond acceptors (Lipinski definition) is 6. The lowest BCUT2D eigenvalue weighted by atomic mass is 9.72. The van der Waals surface area contributed by atoms with E-state index in [0.29, 0.717) is 25.9 Å². The molecule has 1 aliphatic carbocycles. The summed E-state index contributed by atoms with van der Waals surface area (Å²) in [5, 5.41) is 6.86. The number of nitrogens with one attached hydrogen (secondary N) is 3. The van der Waals surface area contributed by atoms with Crippen LogP contribution in [0.15, 0.2) is 5.10 Å². The van der Waals surface area contributed by atoms with Crippen molar-refractivity contribution in [2.45, 2.75) is 50.3 Å². The Morgan fingerprint density at radius 3 is 2.83 bits per heavy atom. The van der Waals surface area contributed by atoms with Gasteiger partial charge in [0.15, 0.2) is 0 Å². The van der Waals surface area contributed by atoms with Crippen molar-refractivity contribution in [1.82, 2.24) is 15.5 Å². The summed E-state index contributed by atoms with van der Waals surface area (Å²) in [4.78, 5) is 23.2. The molecule has 2 aliphatic heterocycles. The molecular formula is C14H22N4O5S. The first-order valence-corrected chi connectivity index (χ1v) is 9.95. The molecule has 2 amide bonds. The molecule has 2 heterocycles. The number of carbonyl (C=O) groups excluding carboxylic acids is 2. The normalized spacial score (nSPS) is 32.4. The average molecular weight is 358 g/mol. The van der Waals surface area contributed by atoms with Crippen molar-refractivity contribution in [2.24, 2.45) is 11.0 Å². The van der Waals surface area contributed by atoms with Crippen LogP contribution in [0.5, 0.6) is 0 Å². The average Bonchev–Trinajstić information content (AvgIpc) is 2.94. The highest BCUT2D eigenvalue weighted by molar-refractivity contribution is 7.88. The minimum atomic E-state index is -3.37. The van der Waals surface area contributed by atoms with E-state index < -0.39 is 16.1 Å². The van der Waals surface area contributed by atoms with Crippen LogP contribution in [0.2, 0.25) is 0 Å². The predicted octanol–water partition coefficient (Wildman–Crippen LogP) is -1.15. The summed E-state index contributed by atoms with van der Waals surface area (Å²) in [5.41, 5.74) is 3.20. The van der Waals surface area contributed by atoms with Crippen LogP contribution in [0.25, 0.3) is 0 Å². The molecule has 0 aromatic heterocycles. The number of carbonyl (C=O) groups is 2. The molecule has 0 spiro atoms. The highest BCUT2D eigenvalue weighted by atomic mass is 32.2. The fraction of sp³-hybridized carbons (Fsp3) is 0.786. The van der Waals surface area contributed by atoms with Gasteiger partial charge in [0.1, 0.15) is 0 Å². The molecular weight excluding hydrogens is 336 g/mol. The second kappa shape index (κ2) is 6.77. The van der Waals surface area contributed by atoms with Gasteiger partial charge in [-0.3, -0.25) is 9.59 Å². The first-order valence-electron chi connectivity index (χ1n) is 8.06. The Balaban J connectivity index is 1.52. The van der Waals surface area contributed by atoms with E-state index >= 15 is 0 Å². The Bertz CT molecular complexity index is 662. The number of hydrazone groups is 1. The third kappa shape index (κ3) is 3.93. The molecule has 10 heteroatoms. The van der Waals surface area contributed by atoms with Crippen molar-refractivity contribution in [3.05, 3.63) is 0 Å². The van der Waals surface area contributed by atoms with Gasteiger partial charge in [0.2, 0.25) is 21.8 Å². The van der Waals surface area contributed by atoms with Crippen molar-refractivity contribution in [3.63, 3.8) is 0 Å². The van der Waals surface area contributed by atoms with Gasteiger partial charge in [0.25, 0.3) is 0 Å². The predicted molar refractivity (Wildman–Crippen MR) is 85.6 cm³/mol. The number of amides is 2. The second-order valence-electron chi connectivity index (χ2n) is 6.51. The maximum atomic E-state index is 12.2. The standard InChI is InChI=1S/C14H22N4O5S/c1-24(21,22)18-13-12(9-6-7-23-14(9)13)15-10(19)4-2-8-3-5-11(20)17-16-8/h9,12-14,18H,2-7H2,1H3,(H,15,19)(H,17,20)/t9-,12+,13-,14-/m0/s1. The van der Waals surface area contributed by atoms with Gasteiger partial charge in [-0.25, -0.2) is 18.6 Å². The van der Waals surface area contributed by atoms with Crippen molar-refractivity contribution in [3.8, 4) is 0 Å². The Morgan fingerprint density at radius 2 is 2.17 bits per heavy atom. The van der Waals surface area contributed by atoms with Gasteiger partial charge < -0.3 is 10.1 Å². The Morgan fingerprint density at radius 1 is 1.38 bits per heavy atom. The zero-order valence-corrected chi connectivity index (χ0v) is 14.3. The van der Waals surface area contributed by atoms with Gasteiger partial charge >= 0.3 is 0 Å². The summed E-state index contributed by atoms with van der Waals surface area (Å²) in [6, 6.07) is -0.657. The maximum Gasteiger partial charge on any atom is 0.240 e. The molecule has 0 aromatic rings. The summed E-state index contributed by atoms with van der Waals surface area (Å²) in [7, 11) is -3.37. The minimum Gasteiger partial charge on any atom is -0.376 e. The van der Waals surface area contributed by atoms with Crippen LogP contribution in [0.4, 0.5) is 0 Å². The molecule has 3 N–H and O–H groups in total. The quantitative estimate of drug-likeness (QED) is 0.553. The third-order valence-electron chi connectivity index (χ3n) is 4.68. The van der Waals surface area contributed by atoms with Crippen LogP contribution in [0.1, 0.15) is 32.1 Å². The SMILES string of the molecule is CS(=O)(=O)N[C@H]1[C@H](NC(=O)CCC2=NNC(=O)CC2)[C@@H]2CCO[C@@H]21. The van der Waals surface area contributed by atoms with Crippen LogP contribution in [-0.2, 0) is 24.3 Å². The Labute approximate surface area is 140 Å². The van der Waals surface area contributed by atoms with Gasteiger partial charge in [-0.15, -0.1) is 0 Å². The van der Waals surface area contributed by atoms with Gasteiger partial charge in [0, 0.05) is 31.1 Å². The van der Waals surface area contributed by atoms with E-state index in [9.17, 15) is 18.0 Å². The number of sulfonamides is 1. The summed E-state index contributed by atoms with van der Waals surface area (Å²) in [5.74, 6) is -0.107.